The lowest BCUT2D eigenvalue weighted by Crippen LogP contribution is -2.44. The second kappa shape index (κ2) is 5.85. The van der Waals surface area contributed by atoms with Gasteiger partial charge in [-0.2, -0.15) is 0 Å². The summed E-state index contributed by atoms with van der Waals surface area (Å²) in [6.07, 6.45) is 4.01. The first kappa shape index (κ1) is 13.6. The average Bonchev–Trinajstić information content (AvgIpc) is 2.77. The summed E-state index contributed by atoms with van der Waals surface area (Å²) in [5, 5.41) is 0. The molecule has 2 unspecified atom stereocenters. The summed E-state index contributed by atoms with van der Waals surface area (Å²) in [4.78, 5) is 2.54. The average molecular weight is 246 g/mol. The summed E-state index contributed by atoms with van der Waals surface area (Å²) < 4.78 is 0. The molecule has 1 aliphatic rings. The smallest absolute Gasteiger partial charge is 0.0509 e. The highest BCUT2D eigenvalue weighted by Gasteiger charge is 2.29. The summed E-state index contributed by atoms with van der Waals surface area (Å²) >= 11 is 0. The zero-order chi connectivity index (χ0) is 13.0. The molecule has 18 heavy (non-hydrogen) atoms. The van der Waals surface area contributed by atoms with E-state index in [0.29, 0.717) is 0 Å². The van der Waals surface area contributed by atoms with Crippen molar-refractivity contribution in [2.45, 2.75) is 38.6 Å². The molecule has 0 amide bonds. The van der Waals surface area contributed by atoms with Crippen LogP contribution >= 0.6 is 0 Å². The first-order valence-corrected chi connectivity index (χ1v) is 7.18. The van der Waals surface area contributed by atoms with Gasteiger partial charge in [0.15, 0.2) is 0 Å². The highest BCUT2D eigenvalue weighted by atomic mass is 15.2. The van der Waals surface area contributed by atoms with Crippen molar-refractivity contribution in [1.82, 2.24) is 4.90 Å². The summed E-state index contributed by atoms with van der Waals surface area (Å²) in [7, 11) is 0. The standard InChI is InChI=1S/C16H26N2/c1-3-7-14-10-11-18(12-14)13-16(2,17)15-8-5-4-6-9-15/h4-6,8-9,14H,3,7,10-13,17H2,1-2H3. The third-order valence-electron chi connectivity index (χ3n) is 4.05. The van der Waals surface area contributed by atoms with Crippen LogP contribution in [0.4, 0.5) is 0 Å². The molecule has 2 nitrogen and oxygen atoms in total. The Morgan fingerprint density at radius 3 is 2.72 bits per heavy atom. The number of nitrogens with zero attached hydrogens (tertiary/aromatic N) is 1. The van der Waals surface area contributed by atoms with Crippen molar-refractivity contribution >= 4 is 0 Å². The SMILES string of the molecule is CCCC1CCN(CC(C)(N)c2ccccc2)C1. The molecular weight excluding hydrogens is 220 g/mol. The molecule has 1 heterocycles. The van der Waals surface area contributed by atoms with Gasteiger partial charge in [0.25, 0.3) is 0 Å². The van der Waals surface area contributed by atoms with Crippen molar-refractivity contribution in [3.63, 3.8) is 0 Å². The van der Waals surface area contributed by atoms with Crippen molar-refractivity contribution in [3.05, 3.63) is 35.9 Å². The summed E-state index contributed by atoms with van der Waals surface area (Å²) in [5.41, 5.74) is 7.50. The van der Waals surface area contributed by atoms with Gasteiger partial charge in [0.2, 0.25) is 0 Å². The summed E-state index contributed by atoms with van der Waals surface area (Å²) in [6.45, 7) is 7.84. The van der Waals surface area contributed by atoms with Gasteiger partial charge in [-0.3, -0.25) is 0 Å². The third kappa shape index (κ3) is 3.33. The second-order valence-corrected chi connectivity index (χ2v) is 5.96. The predicted octanol–water partition coefficient (Wildman–Crippen LogP) is 2.98. The number of rotatable bonds is 5. The van der Waals surface area contributed by atoms with Gasteiger partial charge in [-0.25, -0.2) is 0 Å². The van der Waals surface area contributed by atoms with Crippen LogP contribution in [0.15, 0.2) is 30.3 Å². The first-order chi connectivity index (χ1) is 8.62. The molecule has 1 aromatic carbocycles. The molecule has 2 heteroatoms. The Labute approximate surface area is 111 Å². The van der Waals surface area contributed by atoms with Crippen LogP contribution in [-0.4, -0.2) is 24.5 Å². The molecular formula is C16H26N2. The maximum atomic E-state index is 6.50. The molecule has 100 valence electrons. The van der Waals surface area contributed by atoms with Crippen LogP contribution in [-0.2, 0) is 5.54 Å². The van der Waals surface area contributed by atoms with E-state index in [9.17, 15) is 0 Å². The van der Waals surface area contributed by atoms with Crippen LogP contribution in [0.3, 0.4) is 0 Å². The van der Waals surface area contributed by atoms with Gasteiger partial charge in [0, 0.05) is 13.1 Å². The van der Waals surface area contributed by atoms with Gasteiger partial charge < -0.3 is 10.6 Å². The molecule has 0 bridgehead atoms. The molecule has 0 saturated carbocycles. The van der Waals surface area contributed by atoms with Crippen molar-refractivity contribution in [1.29, 1.82) is 0 Å². The van der Waals surface area contributed by atoms with Gasteiger partial charge in [0.1, 0.15) is 0 Å². The third-order valence-corrected chi connectivity index (χ3v) is 4.05. The van der Waals surface area contributed by atoms with Crippen molar-refractivity contribution in [2.75, 3.05) is 19.6 Å². The first-order valence-electron chi connectivity index (χ1n) is 7.18. The maximum absolute atomic E-state index is 6.50. The Bertz CT molecular complexity index is 359. The molecule has 1 saturated heterocycles. The highest BCUT2D eigenvalue weighted by molar-refractivity contribution is 5.23. The Morgan fingerprint density at radius 2 is 2.06 bits per heavy atom. The largest absolute Gasteiger partial charge is 0.321 e. The van der Waals surface area contributed by atoms with Gasteiger partial charge in [-0.15, -0.1) is 0 Å². The molecule has 0 radical (unpaired) electrons. The van der Waals surface area contributed by atoms with E-state index in [2.05, 4.69) is 43.0 Å². The molecule has 0 aliphatic carbocycles. The minimum atomic E-state index is -0.234. The van der Waals surface area contributed by atoms with E-state index >= 15 is 0 Å². The quantitative estimate of drug-likeness (QED) is 0.865. The van der Waals surface area contributed by atoms with Gasteiger partial charge in [-0.1, -0.05) is 43.7 Å². The number of hydrogen-bond donors (Lipinski definition) is 1. The fraction of sp³-hybridized carbons (Fsp3) is 0.625. The molecule has 1 fully saturated rings. The number of benzene rings is 1. The topological polar surface area (TPSA) is 29.3 Å². The lowest BCUT2D eigenvalue weighted by atomic mass is 9.92. The van der Waals surface area contributed by atoms with E-state index in [-0.39, 0.29) is 5.54 Å². The minimum absolute atomic E-state index is 0.234. The lowest BCUT2D eigenvalue weighted by molar-refractivity contribution is 0.251. The van der Waals surface area contributed by atoms with E-state index < -0.39 is 0 Å². The van der Waals surface area contributed by atoms with Crippen molar-refractivity contribution < 1.29 is 0 Å². The van der Waals surface area contributed by atoms with Crippen LogP contribution in [0.5, 0.6) is 0 Å². The monoisotopic (exact) mass is 246 g/mol. The van der Waals surface area contributed by atoms with Crippen LogP contribution < -0.4 is 5.73 Å². The van der Waals surface area contributed by atoms with E-state index in [4.69, 9.17) is 5.73 Å². The molecule has 1 aliphatic heterocycles. The van der Waals surface area contributed by atoms with E-state index in [1.54, 1.807) is 0 Å². The maximum Gasteiger partial charge on any atom is 0.0509 e. The van der Waals surface area contributed by atoms with Gasteiger partial charge in [0.05, 0.1) is 5.54 Å². The lowest BCUT2D eigenvalue weighted by Gasteiger charge is -2.30. The Balaban J connectivity index is 1.93. The van der Waals surface area contributed by atoms with Crippen LogP contribution in [0, 0.1) is 5.92 Å². The Morgan fingerprint density at radius 1 is 1.33 bits per heavy atom. The predicted molar refractivity (Wildman–Crippen MR) is 77.4 cm³/mol. The summed E-state index contributed by atoms with van der Waals surface area (Å²) in [5.74, 6) is 0.890. The van der Waals surface area contributed by atoms with E-state index in [1.165, 1.54) is 37.9 Å². The fourth-order valence-corrected chi connectivity index (χ4v) is 3.08. The molecule has 2 rings (SSSR count). The molecule has 0 aromatic heterocycles. The molecule has 2 atom stereocenters. The van der Waals surface area contributed by atoms with E-state index in [1.807, 2.05) is 6.07 Å². The van der Waals surface area contributed by atoms with Crippen LogP contribution in [0.1, 0.15) is 38.7 Å². The Kier molecular flexibility index (Phi) is 4.41. The number of hydrogen-bond acceptors (Lipinski definition) is 2. The number of likely N-dealkylation sites (tertiary alicyclic amines) is 1. The Hall–Kier alpha value is -0.860. The number of nitrogens with two attached hydrogens (primary N) is 1. The van der Waals surface area contributed by atoms with Crippen molar-refractivity contribution in [3.8, 4) is 0 Å². The minimum Gasteiger partial charge on any atom is -0.321 e. The van der Waals surface area contributed by atoms with Gasteiger partial charge >= 0.3 is 0 Å². The van der Waals surface area contributed by atoms with E-state index in [0.717, 1.165) is 12.5 Å². The van der Waals surface area contributed by atoms with Gasteiger partial charge in [-0.05, 0) is 37.8 Å². The molecule has 2 N–H and O–H groups in total. The van der Waals surface area contributed by atoms with Crippen molar-refractivity contribution in [2.24, 2.45) is 11.7 Å². The molecule has 1 aromatic rings. The summed E-state index contributed by atoms with van der Waals surface area (Å²) in [6, 6.07) is 10.5. The zero-order valence-electron chi connectivity index (χ0n) is 11.7. The normalized spacial score (nSPS) is 24.1. The molecule has 0 spiro atoms. The fourth-order valence-electron chi connectivity index (χ4n) is 3.08. The van der Waals surface area contributed by atoms with Crippen LogP contribution in [0.2, 0.25) is 0 Å². The zero-order valence-corrected chi connectivity index (χ0v) is 11.7. The highest BCUT2D eigenvalue weighted by Crippen LogP contribution is 2.25. The van der Waals surface area contributed by atoms with Crippen LogP contribution in [0.25, 0.3) is 0 Å². The second-order valence-electron chi connectivity index (χ2n) is 5.96.